The van der Waals surface area contributed by atoms with E-state index in [-0.39, 0.29) is 16.6 Å². The first-order valence-electron chi connectivity index (χ1n) is 8.26. The summed E-state index contributed by atoms with van der Waals surface area (Å²) in [6.07, 6.45) is 1.54. The summed E-state index contributed by atoms with van der Waals surface area (Å²) in [6, 6.07) is 18.5. The van der Waals surface area contributed by atoms with Gasteiger partial charge in [0.15, 0.2) is 15.4 Å². The summed E-state index contributed by atoms with van der Waals surface area (Å²) >= 11 is 0. The zero-order chi connectivity index (χ0) is 18.9. The first kappa shape index (κ1) is 17.1. The number of hydrogen-bond donors (Lipinski definition) is 2. The van der Waals surface area contributed by atoms with Crippen LogP contribution in [0.25, 0.3) is 11.1 Å². The van der Waals surface area contributed by atoms with Crippen molar-refractivity contribution in [3.63, 3.8) is 0 Å². The minimum Gasteiger partial charge on any atom is -0.463 e. The van der Waals surface area contributed by atoms with Gasteiger partial charge in [0.2, 0.25) is 0 Å². The summed E-state index contributed by atoms with van der Waals surface area (Å²) in [5, 5.41) is 2.77. The predicted octanol–water partition coefficient (Wildman–Crippen LogP) is 3.99. The second-order valence-corrected chi connectivity index (χ2v) is 8.10. The molecule has 0 fully saturated rings. The average Bonchev–Trinajstić information content (AvgIpc) is 3.24. The van der Waals surface area contributed by atoms with Crippen LogP contribution in [0.4, 0.5) is 5.69 Å². The standard InChI is InChI=1S/C20H16N2O4S/c23-20(18-12-19-17(22-18)9-10-26-19)21-15-6-4-5-14(11-15)13-27(24,25)16-7-2-1-3-8-16/h1-12,22H,13H2,(H,21,23). The van der Waals surface area contributed by atoms with Crippen molar-refractivity contribution in [2.75, 3.05) is 5.32 Å². The van der Waals surface area contributed by atoms with Crippen molar-refractivity contribution in [1.82, 2.24) is 4.98 Å². The Labute approximate surface area is 155 Å². The van der Waals surface area contributed by atoms with Crippen molar-refractivity contribution >= 4 is 32.5 Å². The Bertz CT molecular complexity index is 1180. The molecule has 27 heavy (non-hydrogen) atoms. The van der Waals surface area contributed by atoms with E-state index in [1.165, 1.54) is 0 Å². The van der Waals surface area contributed by atoms with Gasteiger partial charge in [-0.2, -0.15) is 0 Å². The van der Waals surface area contributed by atoms with Crippen LogP contribution in [0.1, 0.15) is 16.1 Å². The van der Waals surface area contributed by atoms with Crippen LogP contribution in [0.3, 0.4) is 0 Å². The maximum atomic E-state index is 12.5. The van der Waals surface area contributed by atoms with Crippen LogP contribution >= 0.6 is 0 Å². The SMILES string of the molecule is O=C(Nc1cccc(CS(=O)(=O)c2ccccc2)c1)c1cc2occc2[nH]1. The van der Waals surface area contributed by atoms with E-state index in [0.717, 1.165) is 5.52 Å². The third-order valence-corrected chi connectivity index (χ3v) is 5.83. The van der Waals surface area contributed by atoms with Gasteiger partial charge in [0.25, 0.3) is 5.91 Å². The Morgan fingerprint density at radius 3 is 2.59 bits per heavy atom. The van der Waals surface area contributed by atoms with Crippen LogP contribution in [0, 0.1) is 0 Å². The number of anilines is 1. The Morgan fingerprint density at radius 2 is 1.81 bits per heavy atom. The molecule has 0 aliphatic heterocycles. The molecule has 0 spiro atoms. The summed E-state index contributed by atoms with van der Waals surface area (Å²) in [5.41, 5.74) is 2.82. The highest BCUT2D eigenvalue weighted by atomic mass is 32.2. The fourth-order valence-electron chi connectivity index (χ4n) is 2.84. The molecule has 2 aromatic heterocycles. The minimum absolute atomic E-state index is 0.143. The highest BCUT2D eigenvalue weighted by Gasteiger charge is 2.16. The number of carbonyl (C=O) groups is 1. The molecule has 4 aromatic rings. The Morgan fingerprint density at radius 1 is 1.00 bits per heavy atom. The van der Waals surface area contributed by atoms with Gasteiger partial charge in [-0.25, -0.2) is 8.42 Å². The summed E-state index contributed by atoms with van der Waals surface area (Å²) in [4.78, 5) is 15.6. The quantitative estimate of drug-likeness (QED) is 0.548. The predicted molar refractivity (Wildman–Crippen MR) is 102 cm³/mol. The molecule has 2 aromatic carbocycles. The van der Waals surface area contributed by atoms with Crippen LogP contribution in [0.15, 0.2) is 82.3 Å². The van der Waals surface area contributed by atoms with Gasteiger partial charge >= 0.3 is 0 Å². The second kappa shape index (κ2) is 6.77. The molecule has 2 N–H and O–H groups in total. The van der Waals surface area contributed by atoms with Crippen LogP contribution in [-0.4, -0.2) is 19.3 Å². The molecule has 7 heteroatoms. The van der Waals surface area contributed by atoms with Gasteiger partial charge in [-0.1, -0.05) is 30.3 Å². The van der Waals surface area contributed by atoms with E-state index >= 15 is 0 Å². The molecule has 0 bridgehead atoms. The molecule has 0 radical (unpaired) electrons. The monoisotopic (exact) mass is 380 g/mol. The van der Waals surface area contributed by atoms with E-state index in [1.807, 2.05) is 0 Å². The molecule has 1 amide bonds. The third-order valence-electron chi connectivity index (χ3n) is 4.13. The molecule has 4 rings (SSSR count). The van der Waals surface area contributed by atoms with Crippen LogP contribution in [0.2, 0.25) is 0 Å². The number of benzene rings is 2. The Kier molecular flexibility index (Phi) is 4.29. The highest BCUT2D eigenvalue weighted by Crippen LogP contribution is 2.20. The van der Waals surface area contributed by atoms with Gasteiger partial charge in [-0.15, -0.1) is 0 Å². The highest BCUT2D eigenvalue weighted by molar-refractivity contribution is 7.90. The lowest BCUT2D eigenvalue weighted by molar-refractivity contribution is 0.102. The van der Waals surface area contributed by atoms with Gasteiger partial charge in [0.1, 0.15) is 5.69 Å². The van der Waals surface area contributed by atoms with E-state index in [9.17, 15) is 13.2 Å². The molecule has 0 atom stereocenters. The zero-order valence-corrected chi connectivity index (χ0v) is 15.0. The van der Waals surface area contributed by atoms with Crippen molar-refractivity contribution in [2.45, 2.75) is 10.6 Å². The van der Waals surface area contributed by atoms with Gasteiger partial charge in [-0.3, -0.25) is 4.79 Å². The summed E-state index contributed by atoms with van der Waals surface area (Å²) in [5.74, 6) is -0.472. The molecular formula is C20H16N2O4S. The van der Waals surface area contributed by atoms with Crippen LogP contribution in [-0.2, 0) is 15.6 Å². The number of amides is 1. The third kappa shape index (κ3) is 3.63. The van der Waals surface area contributed by atoms with E-state index < -0.39 is 9.84 Å². The molecule has 2 heterocycles. The number of rotatable bonds is 5. The second-order valence-electron chi connectivity index (χ2n) is 6.11. The van der Waals surface area contributed by atoms with Crippen molar-refractivity contribution in [1.29, 1.82) is 0 Å². The number of H-pyrrole nitrogens is 1. The minimum atomic E-state index is -3.45. The van der Waals surface area contributed by atoms with E-state index in [2.05, 4.69) is 10.3 Å². The lowest BCUT2D eigenvalue weighted by Crippen LogP contribution is -2.12. The van der Waals surface area contributed by atoms with E-state index in [0.29, 0.717) is 22.5 Å². The number of aromatic nitrogens is 1. The lowest BCUT2D eigenvalue weighted by Gasteiger charge is -2.08. The molecule has 6 nitrogen and oxygen atoms in total. The molecule has 136 valence electrons. The van der Waals surface area contributed by atoms with Gasteiger partial charge in [0, 0.05) is 17.8 Å². The lowest BCUT2D eigenvalue weighted by atomic mass is 10.2. The topological polar surface area (TPSA) is 92.2 Å². The Hall–Kier alpha value is -3.32. The number of carbonyl (C=O) groups excluding carboxylic acids is 1. The smallest absolute Gasteiger partial charge is 0.272 e. The first-order valence-corrected chi connectivity index (χ1v) is 9.91. The maximum Gasteiger partial charge on any atom is 0.272 e. The summed E-state index contributed by atoms with van der Waals surface area (Å²) < 4.78 is 30.3. The fraction of sp³-hybridized carbons (Fsp3) is 0.0500. The van der Waals surface area contributed by atoms with E-state index in [4.69, 9.17) is 4.42 Å². The molecule has 0 aliphatic carbocycles. The summed E-state index contributed by atoms with van der Waals surface area (Å²) in [6.45, 7) is 0. The normalized spacial score (nSPS) is 11.6. The number of furan rings is 1. The number of fused-ring (bicyclic) bond motifs is 1. The van der Waals surface area contributed by atoms with Crippen LogP contribution in [0.5, 0.6) is 0 Å². The number of aromatic amines is 1. The van der Waals surface area contributed by atoms with Gasteiger partial charge in [-0.05, 0) is 29.8 Å². The Balaban J connectivity index is 1.52. The molecular weight excluding hydrogens is 364 g/mol. The van der Waals surface area contributed by atoms with E-state index in [1.54, 1.807) is 73.0 Å². The number of hydrogen-bond acceptors (Lipinski definition) is 4. The fourth-order valence-corrected chi connectivity index (χ4v) is 4.20. The number of sulfone groups is 1. The molecule has 0 saturated heterocycles. The van der Waals surface area contributed by atoms with Gasteiger partial charge < -0.3 is 14.7 Å². The van der Waals surface area contributed by atoms with Crippen molar-refractivity contribution in [2.24, 2.45) is 0 Å². The van der Waals surface area contributed by atoms with Crippen molar-refractivity contribution < 1.29 is 17.6 Å². The number of nitrogens with one attached hydrogen (secondary N) is 2. The van der Waals surface area contributed by atoms with Crippen LogP contribution < -0.4 is 5.32 Å². The average molecular weight is 380 g/mol. The van der Waals surface area contributed by atoms with Crippen molar-refractivity contribution in [3.8, 4) is 0 Å². The first-order chi connectivity index (χ1) is 13.0. The maximum absolute atomic E-state index is 12.5. The molecule has 0 saturated carbocycles. The largest absolute Gasteiger partial charge is 0.463 e. The van der Waals surface area contributed by atoms with Gasteiger partial charge in [0.05, 0.1) is 22.4 Å². The molecule has 0 unspecified atom stereocenters. The molecule has 0 aliphatic rings. The van der Waals surface area contributed by atoms with Crippen molar-refractivity contribution in [3.05, 3.63) is 84.3 Å². The zero-order valence-electron chi connectivity index (χ0n) is 14.2. The summed E-state index contributed by atoms with van der Waals surface area (Å²) in [7, 11) is -3.45.